The Hall–Kier alpha value is -2.16. The molecule has 0 amide bonds. The van der Waals surface area contributed by atoms with Gasteiger partial charge in [0.2, 0.25) is 0 Å². The zero-order valence-corrected chi connectivity index (χ0v) is 8.60. The van der Waals surface area contributed by atoms with Gasteiger partial charge in [0.1, 0.15) is 5.71 Å². The van der Waals surface area contributed by atoms with Crippen LogP contribution in [-0.4, -0.2) is 16.8 Å². The van der Waals surface area contributed by atoms with E-state index < -0.39 is 5.97 Å². The van der Waals surface area contributed by atoms with Crippen LogP contribution < -0.4 is 0 Å². The first-order valence-corrected chi connectivity index (χ1v) is 4.96. The lowest BCUT2D eigenvalue weighted by atomic mass is 10.0. The van der Waals surface area contributed by atoms with Crippen LogP contribution in [0.2, 0.25) is 0 Å². The fourth-order valence-corrected chi connectivity index (χ4v) is 1.71. The fourth-order valence-electron chi connectivity index (χ4n) is 1.71. The topological polar surface area (TPSA) is 61.2 Å². The molecule has 0 spiro atoms. The molecule has 2 aromatic carbocycles. The third-order valence-corrected chi connectivity index (χ3v) is 2.51. The van der Waals surface area contributed by atoms with Gasteiger partial charge in [0.05, 0.1) is 0 Å². The van der Waals surface area contributed by atoms with Gasteiger partial charge in [-0.3, -0.25) is 5.41 Å². The first-order valence-electron chi connectivity index (χ1n) is 4.96. The normalized spacial score (nSPS) is 10.2. The molecule has 0 radical (unpaired) electrons. The van der Waals surface area contributed by atoms with Gasteiger partial charge in [-0.1, -0.05) is 42.5 Å². The molecule has 0 aliphatic heterocycles. The van der Waals surface area contributed by atoms with E-state index in [-0.39, 0.29) is 12.1 Å². The summed E-state index contributed by atoms with van der Waals surface area (Å²) < 4.78 is 0. The standard InChI is InChI=1S/C13H11NO2/c14-12(13(15)16)8-10-6-3-5-9-4-1-2-7-11(9)10/h1-7,14H,8H2,(H,15,16). The summed E-state index contributed by atoms with van der Waals surface area (Å²) in [6.45, 7) is 0. The van der Waals surface area contributed by atoms with Crippen molar-refractivity contribution in [2.24, 2.45) is 0 Å². The minimum Gasteiger partial charge on any atom is -0.477 e. The predicted octanol–water partition coefficient (Wildman–Crippen LogP) is 2.49. The van der Waals surface area contributed by atoms with Gasteiger partial charge in [0.25, 0.3) is 0 Å². The molecule has 0 atom stereocenters. The van der Waals surface area contributed by atoms with Gasteiger partial charge in [-0.25, -0.2) is 4.79 Å². The molecular formula is C13H11NO2. The van der Waals surface area contributed by atoms with Crippen molar-refractivity contribution in [2.75, 3.05) is 0 Å². The third kappa shape index (κ3) is 1.93. The number of rotatable bonds is 3. The van der Waals surface area contributed by atoms with Crippen molar-refractivity contribution < 1.29 is 9.90 Å². The zero-order chi connectivity index (χ0) is 11.5. The van der Waals surface area contributed by atoms with Gasteiger partial charge in [-0.2, -0.15) is 0 Å². The smallest absolute Gasteiger partial charge is 0.349 e. The second-order valence-corrected chi connectivity index (χ2v) is 3.60. The van der Waals surface area contributed by atoms with Gasteiger partial charge in [0.15, 0.2) is 0 Å². The van der Waals surface area contributed by atoms with Crippen LogP contribution >= 0.6 is 0 Å². The van der Waals surface area contributed by atoms with Crippen LogP contribution in [0, 0.1) is 5.41 Å². The number of nitrogens with one attached hydrogen (secondary N) is 1. The van der Waals surface area contributed by atoms with Crippen LogP contribution in [0.1, 0.15) is 5.56 Å². The molecule has 0 aromatic heterocycles. The lowest BCUT2D eigenvalue weighted by Crippen LogP contribution is -2.14. The number of benzene rings is 2. The number of fused-ring (bicyclic) bond motifs is 1. The summed E-state index contributed by atoms with van der Waals surface area (Å²) in [4.78, 5) is 10.6. The number of carboxylic acid groups (broad SMARTS) is 1. The van der Waals surface area contributed by atoms with Crippen molar-refractivity contribution in [3.63, 3.8) is 0 Å². The van der Waals surface area contributed by atoms with Gasteiger partial charge in [-0.15, -0.1) is 0 Å². The van der Waals surface area contributed by atoms with E-state index in [9.17, 15) is 4.79 Å². The molecule has 0 aliphatic rings. The highest BCUT2D eigenvalue weighted by Crippen LogP contribution is 2.18. The molecular weight excluding hydrogens is 202 g/mol. The number of hydrogen-bond acceptors (Lipinski definition) is 2. The quantitative estimate of drug-likeness (QED) is 0.769. The van der Waals surface area contributed by atoms with Crippen molar-refractivity contribution in [3.05, 3.63) is 48.0 Å². The lowest BCUT2D eigenvalue weighted by Gasteiger charge is -2.05. The highest BCUT2D eigenvalue weighted by atomic mass is 16.4. The van der Waals surface area contributed by atoms with Crippen molar-refractivity contribution >= 4 is 22.5 Å². The summed E-state index contributed by atoms with van der Waals surface area (Å²) in [5.41, 5.74) is 0.599. The summed E-state index contributed by atoms with van der Waals surface area (Å²) in [5, 5.41) is 18.1. The summed E-state index contributed by atoms with van der Waals surface area (Å²) in [7, 11) is 0. The molecule has 80 valence electrons. The first-order chi connectivity index (χ1) is 7.68. The number of aliphatic carboxylic acids is 1. The molecule has 3 heteroatoms. The van der Waals surface area contributed by atoms with E-state index in [4.69, 9.17) is 10.5 Å². The number of hydrogen-bond donors (Lipinski definition) is 2. The highest BCUT2D eigenvalue weighted by molar-refractivity contribution is 6.34. The molecule has 0 saturated heterocycles. The maximum atomic E-state index is 10.6. The van der Waals surface area contributed by atoms with Crippen molar-refractivity contribution in [1.29, 1.82) is 5.41 Å². The van der Waals surface area contributed by atoms with E-state index in [1.807, 2.05) is 42.5 Å². The third-order valence-electron chi connectivity index (χ3n) is 2.51. The van der Waals surface area contributed by atoms with Crippen molar-refractivity contribution in [2.45, 2.75) is 6.42 Å². The van der Waals surface area contributed by atoms with Gasteiger partial charge in [0, 0.05) is 6.42 Å². The van der Waals surface area contributed by atoms with Crippen molar-refractivity contribution in [1.82, 2.24) is 0 Å². The molecule has 0 heterocycles. The van der Waals surface area contributed by atoms with E-state index in [2.05, 4.69) is 0 Å². The molecule has 0 unspecified atom stereocenters. The molecule has 0 bridgehead atoms. The molecule has 0 fully saturated rings. The summed E-state index contributed by atoms with van der Waals surface area (Å²) >= 11 is 0. The average molecular weight is 213 g/mol. The van der Waals surface area contributed by atoms with E-state index >= 15 is 0 Å². The Kier molecular flexibility index (Phi) is 2.68. The molecule has 0 aliphatic carbocycles. The summed E-state index contributed by atoms with van der Waals surface area (Å²) in [6, 6.07) is 13.5. The van der Waals surface area contributed by atoms with Crippen LogP contribution in [0.5, 0.6) is 0 Å². The summed E-state index contributed by atoms with van der Waals surface area (Å²) in [6.07, 6.45) is 0.163. The first kappa shape index (κ1) is 10.4. The van der Waals surface area contributed by atoms with E-state index in [0.717, 1.165) is 16.3 Å². The maximum Gasteiger partial charge on any atom is 0.349 e. The Morgan fingerprint density at radius 2 is 1.81 bits per heavy atom. The average Bonchev–Trinajstić information content (AvgIpc) is 2.29. The van der Waals surface area contributed by atoms with Crippen LogP contribution in [0.25, 0.3) is 10.8 Å². The Bertz CT molecular complexity index is 555. The van der Waals surface area contributed by atoms with Gasteiger partial charge in [-0.05, 0) is 16.3 Å². The molecule has 0 saturated carbocycles. The largest absolute Gasteiger partial charge is 0.477 e. The Morgan fingerprint density at radius 1 is 1.12 bits per heavy atom. The predicted molar refractivity (Wildman–Crippen MR) is 63.0 cm³/mol. The molecule has 2 rings (SSSR count). The van der Waals surface area contributed by atoms with Crippen LogP contribution in [0.15, 0.2) is 42.5 Å². The Labute approximate surface area is 92.8 Å². The maximum absolute atomic E-state index is 10.6. The number of carbonyl (C=O) groups is 1. The Balaban J connectivity index is 2.45. The van der Waals surface area contributed by atoms with E-state index in [1.54, 1.807) is 0 Å². The van der Waals surface area contributed by atoms with Gasteiger partial charge >= 0.3 is 5.97 Å². The van der Waals surface area contributed by atoms with Crippen LogP contribution in [0.4, 0.5) is 0 Å². The zero-order valence-electron chi connectivity index (χ0n) is 8.60. The second-order valence-electron chi connectivity index (χ2n) is 3.60. The minimum atomic E-state index is -1.16. The Morgan fingerprint density at radius 3 is 2.56 bits per heavy atom. The molecule has 16 heavy (non-hydrogen) atoms. The second kappa shape index (κ2) is 4.14. The fraction of sp³-hybridized carbons (Fsp3) is 0.0769. The van der Waals surface area contributed by atoms with Gasteiger partial charge < -0.3 is 5.11 Å². The SMILES string of the molecule is N=C(Cc1cccc2ccccc12)C(=O)O. The minimum absolute atomic E-state index is 0.163. The summed E-state index contributed by atoms with van der Waals surface area (Å²) in [5.74, 6) is -1.16. The molecule has 2 aromatic rings. The highest BCUT2D eigenvalue weighted by Gasteiger charge is 2.09. The van der Waals surface area contributed by atoms with E-state index in [1.165, 1.54) is 0 Å². The van der Waals surface area contributed by atoms with Crippen molar-refractivity contribution in [3.8, 4) is 0 Å². The van der Waals surface area contributed by atoms with Crippen LogP contribution in [-0.2, 0) is 11.2 Å². The molecule has 3 nitrogen and oxygen atoms in total. The number of carboxylic acids is 1. The van der Waals surface area contributed by atoms with E-state index in [0.29, 0.717) is 0 Å². The lowest BCUT2D eigenvalue weighted by molar-refractivity contribution is -0.129. The molecule has 2 N–H and O–H groups in total. The monoisotopic (exact) mass is 213 g/mol. The van der Waals surface area contributed by atoms with Crippen LogP contribution in [0.3, 0.4) is 0 Å².